The minimum absolute atomic E-state index is 0.0367. The van der Waals surface area contributed by atoms with Crippen LogP contribution in [-0.4, -0.2) is 48.5 Å². The van der Waals surface area contributed by atoms with Crippen molar-refractivity contribution in [2.75, 3.05) is 24.8 Å². The second kappa shape index (κ2) is 7.49. The molecule has 0 aliphatic carbocycles. The molecule has 2 aromatic rings. The summed E-state index contributed by atoms with van der Waals surface area (Å²) in [6.45, 7) is 10.4. The van der Waals surface area contributed by atoms with Crippen LogP contribution >= 0.6 is 0 Å². The van der Waals surface area contributed by atoms with Gasteiger partial charge in [0.15, 0.2) is 0 Å². The van der Waals surface area contributed by atoms with Crippen molar-refractivity contribution in [1.29, 1.82) is 0 Å². The lowest BCUT2D eigenvalue weighted by Crippen LogP contribution is -2.54. The second-order valence-corrected chi connectivity index (χ2v) is 7.87. The molecule has 0 unspecified atom stereocenters. The summed E-state index contributed by atoms with van der Waals surface area (Å²) >= 11 is 0. The first-order chi connectivity index (χ1) is 13.5. The SMILES string of the molecule is Cc1ccc(N=C2C(=O)N(CN3[C@@H](C)COC[C@@H]3C)c3ccccc32)cc1C. The number of amides is 1. The van der Waals surface area contributed by atoms with Gasteiger partial charge in [-0.25, -0.2) is 4.99 Å². The van der Waals surface area contributed by atoms with Gasteiger partial charge in [-0.05, 0) is 57.0 Å². The van der Waals surface area contributed by atoms with E-state index >= 15 is 0 Å². The summed E-state index contributed by atoms with van der Waals surface area (Å²) in [5.41, 5.74) is 5.57. The van der Waals surface area contributed by atoms with Gasteiger partial charge in [-0.15, -0.1) is 0 Å². The van der Waals surface area contributed by atoms with Gasteiger partial charge < -0.3 is 4.74 Å². The van der Waals surface area contributed by atoms with E-state index in [9.17, 15) is 4.79 Å². The van der Waals surface area contributed by atoms with E-state index in [0.717, 1.165) is 16.9 Å². The number of ether oxygens (including phenoxy) is 1. The number of hydrogen-bond acceptors (Lipinski definition) is 4. The maximum Gasteiger partial charge on any atom is 0.278 e. The summed E-state index contributed by atoms with van der Waals surface area (Å²) in [6, 6.07) is 14.5. The zero-order valence-corrected chi connectivity index (χ0v) is 17.0. The third kappa shape index (κ3) is 3.36. The molecule has 0 aromatic heterocycles. The Kier molecular flexibility index (Phi) is 5.04. The maximum atomic E-state index is 13.3. The van der Waals surface area contributed by atoms with Gasteiger partial charge >= 0.3 is 0 Å². The molecule has 5 heteroatoms. The maximum absolute atomic E-state index is 13.3. The van der Waals surface area contributed by atoms with Crippen molar-refractivity contribution >= 4 is 23.0 Å². The number of fused-ring (bicyclic) bond motifs is 1. The minimum atomic E-state index is -0.0367. The summed E-state index contributed by atoms with van der Waals surface area (Å²) in [7, 11) is 0. The van der Waals surface area contributed by atoms with Crippen LogP contribution in [-0.2, 0) is 9.53 Å². The van der Waals surface area contributed by atoms with Gasteiger partial charge in [-0.1, -0.05) is 24.3 Å². The van der Waals surface area contributed by atoms with Gasteiger partial charge in [0.1, 0.15) is 5.71 Å². The zero-order valence-electron chi connectivity index (χ0n) is 17.0. The van der Waals surface area contributed by atoms with E-state index in [-0.39, 0.29) is 18.0 Å². The quantitative estimate of drug-likeness (QED) is 0.816. The number of nitrogens with zero attached hydrogens (tertiary/aromatic N) is 3. The van der Waals surface area contributed by atoms with Crippen molar-refractivity contribution in [3.05, 3.63) is 59.2 Å². The van der Waals surface area contributed by atoms with Crippen LogP contribution in [0.2, 0.25) is 0 Å². The predicted octanol–water partition coefficient (Wildman–Crippen LogP) is 3.84. The number of rotatable bonds is 3. The normalized spacial score (nSPS) is 24.1. The first-order valence-electron chi connectivity index (χ1n) is 9.86. The first kappa shape index (κ1) is 18.8. The predicted molar refractivity (Wildman–Crippen MR) is 112 cm³/mol. The molecule has 2 atom stereocenters. The molecule has 5 nitrogen and oxygen atoms in total. The molecule has 1 amide bonds. The highest BCUT2D eigenvalue weighted by molar-refractivity contribution is 6.54. The summed E-state index contributed by atoms with van der Waals surface area (Å²) < 4.78 is 5.64. The first-order valence-corrected chi connectivity index (χ1v) is 9.86. The zero-order chi connectivity index (χ0) is 19.8. The van der Waals surface area contributed by atoms with Crippen LogP contribution in [0.1, 0.15) is 30.5 Å². The largest absolute Gasteiger partial charge is 0.378 e. The minimum Gasteiger partial charge on any atom is -0.378 e. The van der Waals surface area contributed by atoms with Crippen molar-refractivity contribution in [1.82, 2.24) is 4.90 Å². The molecule has 2 aliphatic rings. The van der Waals surface area contributed by atoms with E-state index in [1.165, 1.54) is 11.1 Å². The van der Waals surface area contributed by atoms with E-state index in [2.05, 4.69) is 38.7 Å². The van der Waals surface area contributed by atoms with Crippen molar-refractivity contribution < 1.29 is 9.53 Å². The van der Waals surface area contributed by atoms with Gasteiger partial charge in [0.2, 0.25) is 0 Å². The molecule has 0 spiro atoms. The number of benzene rings is 2. The molecule has 0 saturated carbocycles. The summed E-state index contributed by atoms with van der Waals surface area (Å²) in [5, 5.41) is 0. The Morgan fingerprint density at radius 2 is 1.75 bits per heavy atom. The Labute approximate surface area is 166 Å². The van der Waals surface area contributed by atoms with Gasteiger partial charge in [0.25, 0.3) is 5.91 Å². The molecule has 0 radical (unpaired) electrons. The van der Waals surface area contributed by atoms with Crippen molar-refractivity contribution in [2.24, 2.45) is 4.99 Å². The average Bonchev–Trinajstić information content (AvgIpc) is 2.93. The number of aryl methyl sites for hydroxylation is 2. The fourth-order valence-corrected chi connectivity index (χ4v) is 3.91. The van der Waals surface area contributed by atoms with Gasteiger partial charge in [-0.2, -0.15) is 0 Å². The summed E-state index contributed by atoms with van der Waals surface area (Å²) in [5.74, 6) is -0.0367. The lowest BCUT2D eigenvalue weighted by atomic mass is 10.1. The van der Waals surface area contributed by atoms with Crippen LogP contribution in [0, 0.1) is 13.8 Å². The summed E-state index contributed by atoms with van der Waals surface area (Å²) in [6.07, 6.45) is 0. The molecule has 28 heavy (non-hydrogen) atoms. The molecule has 2 aliphatic heterocycles. The average molecular weight is 377 g/mol. The van der Waals surface area contributed by atoms with E-state index in [1.54, 1.807) is 0 Å². The Morgan fingerprint density at radius 1 is 1.04 bits per heavy atom. The van der Waals surface area contributed by atoms with Crippen molar-refractivity contribution in [3.63, 3.8) is 0 Å². The van der Waals surface area contributed by atoms with Gasteiger partial charge in [0.05, 0.1) is 31.3 Å². The third-order valence-electron chi connectivity index (χ3n) is 5.78. The van der Waals surface area contributed by atoms with E-state index in [1.807, 2.05) is 41.3 Å². The van der Waals surface area contributed by atoms with Crippen molar-refractivity contribution in [2.45, 2.75) is 39.8 Å². The number of para-hydroxylation sites is 1. The lowest BCUT2D eigenvalue weighted by Gasteiger charge is -2.40. The molecule has 0 N–H and O–H groups in total. The van der Waals surface area contributed by atoms with Crippen LogP contribution in [0.3, 0.4) is 0 Å². The van der Waals surface area contributed by atoms with Crippen LogP contribution < -0.4 is 4.90 Å². The lowest BCUT2D eigenvalue weighted by molar-refractivity contribution is -0.113. The number of carbonyl (C=O) groups is 1. The topological polar surface area (TPSA) is 45.1 Å². The molecular formula is C23H27N3O2. The molecule has 2 aromatic carbocycles. The molecule has 4 rings (SSSR count). The van der Waals surface area contributed by atoms with Crippen LogP contribution in [0.15, 0.2) is 47.5 Å². The monoisotopic (exact) mass is 377 g/mol. The third-order valence-corrected chi connectivity index (χ3v) is 5.78. The second-order valence-electron chi connectivity index (χ2n) is 7.87. The van der Waals surface area contributed by atoms with E-state index < -0.39 is 0 Å². The molecule has 0 bridgehead atoms. The van der Waals surface area contributed by atoms with Crippen LogP contribution in [0.5, 0.6) is 0 Å². The van der Waals surface area contributed by atoms with Gasteiger partial charge in [-0.3, -0.25) is 14.6 Å². The Morgan fingerprint density at radius 3 is 2.46 bits per heavy atom. The van der Waals surface area contributed by atoms with Crippen LogP contribution in [0.4, 0.5) is 11.4 Å². The Hall–Kier alpha value is -2.50. The Bertz CT molecular complexity index is 927. The van der Waals surface area contributed by atoms with Gasteiger partial charge in [0, 0.05) is 17.6 Å². The molecule has 146 valence electrons. The number of aliphatic imine (C=N–C) groups is 1. The molecule has 2 heterocycles. The Balaban J connectivity index is 1.70. The standard InChI is InChI=1S/C23H27N3O2/c1-15-9-10-19(11-16(15)2)24-22-20-7-5-6-8-21(20)26(23(22)27)14-25-17(3)12-28-13-18(25)4/h5-11,17-18H,12-14H2,1-4H3/t17-,18-/m0/s1. The molecule has 1 saturated heterocycles. The highest BCUT2D eigenvalue weighted by Gasteiger charge is 2.37. The fourth-order valence-electron chi connectivity index (χ4n) is 3.91. The highest BCUT2D eigenvalue weighted by Crippen LogP contribution is 2.32. The summed E-state index contributed by atoms with van der Waals surface area (Å²) in [4.78, 5) is 22.3. The van der Waals surface area contributed by atoms with E-state index in [0.29, 0.717) is 25.6 Å². The highest BCUT2D eigenvalue weighted by atomic mass is 16.5. The number of morpholine rings is 1. The number of anilines is 1. The molecular weight excluding hydrogens is 350 g/mol. The molecule has 1 fully saturated rings. The van der Waals surface area contributed by atoms with Crippen molar-refractivity contribution in [3.8, 4) is 0 Å². The fraction of sp³-hybridized carbons (Fsp3) is 0.391. The van der Waals surface area contributed by atoms with Crippen LogP contribution in [0.25, 0.3) is 0 Å². The number of hydrogen-bond donors (Lipinski definition) is 0. The van der Waals surface area contributed by atoms with E-state index in [4.69, 9.17) is 9.73 Å². The smallest absolute Gasteiger partial charge is 0.278 e. The number of carbonyl (C=O) groups excluding carboxylic acids is 1.